The van der Waals surface area contributed by atoms with E-state index < -0.39 is 0 Å². The van der Waals surface area contributed by atoms with Crippen LogP contribution in [0.4, 0.5) is 11.8 Å². The number of fused-ring (bicyclic) bond motifs is 1. The van der Waals surface area contributed by atoms with Crippen LogP contribution in [0.3, 0.4) is 0 Å². The van der Waals surface area contributed by atoms with Gasteiger partial charge < -0.3 is 14.2 Å². The molecule has 1 aromatic carbocycles. The number of rotatable bonds is 6. The van der Waals surface area contributed by atoms with Crippen molar-refractivity contribution in [3.63, 3.8) is 0 Å². The second-order valence-corrected chi connectivity index (χ2v) is 7.77. The van der Waals surface area contributed by atoms with E-state index in [1.54, 1.807) is 6.21 Å². The van der Waals surface area contributed by atoms with Gasteiger partial charge in [0.05, 0.1) is 25.8 Å². The Morgan fingerprint density at radius 3 is 2.90 bits per heavy atom. The number of hydrogen-bond donors (Lipinski definition) is 1. The summed E-state index contributed by atoms with van der Waals surface area (Å²) in [5, 5.41) is 4.41. The molecule has 0 unspecified atom stereocenters. The molecule has 29 heavy (non-hydrogen) atoms. The van der Waals surface area contributed by atoms with E-state index in [9.17, 15) is 0 Å². The van der Waals surface area contributed by atoms with E-state index in [1.807, 2.05) is 18.5 Å². The molecule has 2 aliphatic rings. The minimum atomic E-state index is 0.634. The fourth-order valence-electron chi connectivity index (χ4n) is 3.55. The zero-order valence-electron chi connectivity index (χ0n) is 16.6. The molecule has 3 heterocycles. The van der Waals surface area contributed by atoms with Crippen molar-refractivity contribution >= 4 is 29.1 Å². The van der Waals surface area contributed by atoms with Crippen molar-refractivity contribution in [3.8, 4) is 0 Å². The Hall–Kier alpha value is -3.00. The summed E-state index contributed by atoms with van der Waals surface area (Å²) in [7, 11) is 0. The highest BCUT2D eigenvalue weighted by molar-refractivity contribution is 5.86. The summed E-state index contributed by atoms with van der Waals surface area (Å²) >= 11 is 0. The lowest BCUT2D eigenvalue weighted by Gasteiger charge is -2.27. The van der Waals surface area contributed by atoms with Crippen LogP contribution in [0.5, 0.6) is 0 Å². The Morgan fingerprint density at radius 2 is 2.10 bits per heavy atom. The van der Waals surface area contributed by atoms with Crippen molar-refractivity contribution in [2.75, 3.05) is 36.6 Å². The molecular formula is C21H25N7O. The SMILES string of the molecule is Cc1cccc(/C=N/Nc2nc(N3CCOCC3)nc3c2ncn3CC2CC2)c1. The van der Waals surface area contributed by atoms with E-state index in [0.717, 1.165) is 42.3 Å². The van der Waals surface area contributed by atoms with E-state index in [0.29, 0.717) is 25.0 Å². The first kappa shape index (κ1) is 18.1. The normalized spacial score (nSPS) is 17.3. The summed E-state index contributed by atoms with van der Waals surface area (Å²) in [6.07, 6.45) is 6.24. The molecule has 0 radical (unpaired) electrons. The van der Waals surface area contributed by atoms with Crippen molar-refractivity contribution < 1.29 is 4.74 Å². The largest absolute Gasteiger partial charge is 0.378 e. The number of morpholine rings is 1. The van der Waals surface area contributed by atoms with Crippen LogP contribution < -0.4 is 10.3 Å². The Morgan fingerprint density at radius 1 is 1.24 bits per heavy atom. The average Bonchev–Trinajstić information content (AvgIpc) is 3.47. The van der Waals surface area contributed by atoms with E-state index in [2.05, 4.69) is 44.0 Å². The summed E-state index contributed by atoms with van der Waals surface area (Å²) in [6, 6.07) is 8.21. The topological polar surface area (TPSA) is 80.5 Å². The molecule has 0 spiro atoms. The molecule has 2 fully saturated rings. The van der Waals surface area contributed by atoms with Crippen LogP contribution in [0.2, 0.25) is 0 Å². The highest BCUT2D eigenvalue weighted by Gasteiger charge is 2.24. The molecule has 8 heteroatoms. The molecule has 3 aromatic rings. The Balaban J connectivity index is 1.47. The summed E-state index contributed by atoms with van der Waals surface area (Å²) in [6.45, 7) is 5.98. The highest BCUT2D eigenvalue weighted by Crippen LogP contribution is 2.32. The van der Waals surface area contributed by atoms with Crippen molar-refractivity contribution in [1.29, 1.82) is 0 Å². The third-order valence-electron chi connectivity index (χ3n) is 5.32. The van der Waals surface area contributed by atoms with Gasteiger partial charge >= 0.3 is 0 Å². The zero-order valence-corrected chi connectivity index (χ0v) is 16.6. The number of ether oxygens (including phenoxy) is 1. The smallest absolute Gasteiger partial charge is 0.229 e. The van der Waals surface area contributed by atoms with Gasteiger partial charge in [0.25, 0.3) is 0 Å². The molecule has 2 aromatic heterocycles. The molecule has 1 saturated carbocycles. The van der Waals surface area contributed by atoms with E-state index in [-0.39, 0.29) is 0 Å². The molecule has 0 amide bonds. The maximum Gasteiger partial charge on any atom is 0.229 e. The fourth-order valence-corrected chi connectivity index (χ4v) is 3.55. The predicted molar refractivity (Wildman–Crippen MR) is 113 cm³/mol. The highest BCUT2D eigenvalue weighted by atomic mass is 16.5. The number of aromatic nitrogens is 4. The van der Waals surface area contributed by atoms with Gasteiger partial charge in [0.2, 0.25) is 5.95 Å². The standard InChI is InChI=1S/C21H25N7O/c1-15-3-2-4-17(11-15)12-23-26-19-18-20(28(14-22-18)13-16-5-6-16)25-21(24-19)27-7-9-29-10-8-27/h2-4,11-12,14,16H,5-10,13H2,1H3,(H,24,25,26)/b23-12+. The van der Waals surface area contributed by atoms with Gasteiger partial charge in [-0.05, 0) is 31.2 Å². The molecule has 1 aliphatic heterocycles. The molecule has 5 rings (SSSR count). The first-order valence-electron chi connectivity index (χ1n) is 10.2. The van der Waals surface area contributed by atoms with Gasteiger partial charge in [-0.25, -0.2) is 4.98 Å². The van der Waals surface area contributed by atoms with Gasteiger partial charge in [0.15, 0.2) is 17.0 Å². The van der Waals surface area contributed by atoms with Gasteiger partial charge in [-0.1, -0.05) is 29.8 Å². The first-order chi connectivity index (χ1) is 14.3. The van der Waals surface area contributed by atoms with Crippen molar-refractivity contribution in [2.45, 2.75) is 26.3 Å². The van der Waals surface area contributed by atoms with Gasteiger partial charge in [-0.3, -0.25) is 5.43 Å². The van der Waals surface area contributed by atoms with E-state index in [4.69, 9.17) is 14.7 Å². The fraction of sp³-hybridized carbons (Fsp3) is 0.429. The van der Waals surface area contributed by atoms with Crippen molar-refractivity contribution in [2.24, 2.45) is 11.0 Å². The predicted octanol–water partition coefficient (Wildman–Crippen LogP) is 2.83. The second-order valence-electron chi connectivity index (χ2n) is 7.77. The number of hydrazone groups is 1. The van der Waals surface area contributed by atoms with Gasteiger partial charge in [0.1, 0.15) is 0 Å². The number of anilines is 2. The van der Waals surface area contributed by atoms with Gasteiger partial charge in [-0.2, -0.15) is 15.1 Å². The van der Waals surface area contributed by atoms with Crippen LogP contribution in [0.15, 0.2) is 35.7 Å². The molecule has 1 aliphatic carbocycles. The monoisotopic (exact) mass is 391 g/mol. The van der Waals surface area contributed by atoms with Crippen molar-refractivity contribution in [3.05, 3.63) is 41.7 Å². The lowest BCUT2D eigenvalue weighted by Crippen LogP contribution is -2.37. The number of nitrogens with zero attached hydrogens (tertiary/aromatic N) is 6. The molecule has 0 atom stereocenters. The van der Waals surface area contributed by atoms with Gasteiger partial charge in [0, 0.05) is 19.6 Å². The minimum absolute atomic E-state index is 0.634. The number of aryl methyl sites for hydroxylation is 1. The summed E-state index contributed by atoms with van der Waals surface area (Å²) in [5.74, 6) is 2.08. The maximum absolute atomic E-state index is 5.48. The number of nitrogens with one attached hydrogen (secondary N) is 1. The minimum Gasteiger partial charge on any atom is -0.378 e. The van der Waals surface area contributed by atoms with Crippen molar-refractivity contribution in [1.82, 2.24) is 19.5 Å². The number of benzene rings is 1. The quantitative estimate of drug-likeness (QED) is 0.514. The third kappa shape index (κ3) is 4.07. The van der Waals surface area contributed by atoms with Crippen LogP contribution in [0.1, 0.15) is 24.0 Å². The average molecular weight is 391 g/mol. The molecule has 150 valence electrons. The summed E-state index contributed by atoms with van der Waals surface area (Å²) < 4.78 is 7.63. The Bertz CT molecular complexity index is 1030. The Kier molecular flexibility index (Phi) is 4.85. The number of imidazole rings is 1. The van der Waals surface area contributed by atoms with Crippen LogP contribution >= 0.6 is 0 Å². The second kappa shape index (κ2) is 7.79. The third-order valence-corrected chi connectivity index (χ3v) is 5.32. The summed E-state index contributed by atoms with van der Waals surface area (Å²) in [4.78, 5) is 16.3. The lowest BCUT2D eigenvalue weighted by molar-refractivity contribution is 0.122. The molecule has 1 N–H and O–H groups in total. The van der Waals surface area contributed by atoms with Crippen LogP contribution in [0.25, 0.3) is 11.2 Å². The molecular weight excluding hydrogens is 366 g/mol. The van der Waals surface area contributed by atoms with Crippen LogP contribution in [-0.2, 0) is 11.3 Å². The first-order valence-corrected chi connectivity index (χ1v) is 10.2. The van der Waals surface area contributed by atoms with E-state index in [1.165, 1.54) is 18.4 Å². The molecule has 8 nitrogen and oxygen atoms in total. The zero-order chi connectivity index (χ0) is 19.6. The summed E-state index contributed by atoms with van der Waals surface area (Å²) in [5.41, 5.74) is 6.96. The Labute approximate surface area is 169 Å². The number of hydrogen-bond acceptors (Lipinski definition) is 7. The van der Waals surface area contributed by atoms with E-state index >= 15 is 0 Å². The molecule has 1 saturated heterocycles. The lowest BCUT2D eigenvalue weighted by atomic mass is 10.2. The molecule has 0 bridgehead atoms. The van der Waals surface area contributed by atoms with Crippen LogP contribution in [0, 0.1) is 12.8 Å². The van der Waals surface area contributed by atoms with Crippen LogP contribution in [-0.4, -0.2) is 52.0 Å². The van der Waals surface area contributed by atoms with Gasteiger partial charge in [-0.15, -0.1) is 0 Å². The maximum atomic E-state index is 5.48.